The van der Waals surface area contributed by atoms with Crippen LogP contribution in [0.5, 0.6) is 0 Å². The molecule has 1 aliphatic heterocycles. The van der Waals surface area contributed by atoms with Crippen molar-refractivity contribution in [1.29, 1.82) is 0 Å². The van der Waals surface area contributed by atoms with Crippen molar-refractivity contribution < 1.29 is 4.42 Å². The van der Waals surface area contributed by atoms with E-state index in [1.165, 1.54) is 0 Å². The maximum absolute atomic E-state index is 12.6. The van der Waals surface area contributed by atoms with Gasteiger partial charge in [-0.2, -0.15) is 0 Å². The number of rotatable bonds is 2. The average molecular weight is 375 g/mol. The van der Waals surface area contributed by atoms with E-state index < -0.39 is 5.63 Å². The van der Waals surface area contributed by atoms with Crippen LogP contribution in [0.1, 0.15) is 13.8 Å². The van der Waals surface area contributed by atoms with E-state index >= 15 is 0 Å². The van der Waals surface area contributed by atoms with Crippen molar-refractivity contribution in [2.45, 2.75) is 25.9 Å². The minimum absolute atomic E-state index is 0.393. The molecule has 0 aliphatic carbocycles. The molecule has 5 rings (SSSR count). The molecule has 4 aromatic rings. The third kappa shape index (κ3) is 2.93. The Labute approximate surface area is 161 Å². The van der Waals surface area contributed by atoms with Gasteiger partial charge in [-0.15, -0.1) is 0 Å². The summed E-state index contributed by atoms with van der Waals surface area (Å²) in [5.41, 5.74) is 2.26. The van der Waals surface area contributed by atoms with Crippen molar-refractivity contribution >= 4 is 22.4 Å². The Bertz CT molecular complexity index is 1190. The lowest BCUT2D eigenvalue weighted by atomic mass is 10.1. The summed E-state index contributed by atoms with van der Waals surface area (Å²) in [5, 5.41) is 4.41. The number of nitrogens with zero attached hydrogens (tertiary/aromatic N) is 4. The lowest BCUT2D eigenvalue weighted by molar-refractivity contribution is 0.407. The largest absolute Gasteiger partial charge is 0.422 e. The van der Waals surface area contributed by atoms with Crippen molar-refractivity contribution in [2.24, 2.45) is 0 Å². The zero-order valence-corrected chi connectivity index (χ0v) is 15.8. The number of nitrogens with one attached hydrogen (secondary N) is 1. The molecule has 0 saturated carbocycles. The average Bonchev–Trinajstić information content (AvgIpc) is 3.10. The second-order valence-electron chi connectivity index (χ2n) is 7.50. The quantitative estimate of drug-likeness (QED) is 0.543. The van der Waals surface area contributed by atoms with Gasteiger partial charge < -0.3 is 14.6 Å². The van der Waals surface area contributed by atoms with Crippen molar-refractivity contribution in [3.63, 3.8) is 0 Å². The van der Waals surface area contributed by atoms with Crippen LogP contribution in [0.2, 0.25) is 0 Å². The molecule has 1 saturated heterocycles. The van der Waals surface area contributed by atoms with E-state index in [9.17, 15) is 4.79 Å². The number of anilines is 1. The maximum Gasteiger partial charge on any atom is 0.345 e. The van der Waals surface area contributed by atoms with Gasteiger partial charge in [0.05, 0.1) is 11.3 Å². The highest BCUT2D eigenvalue weighted by atomic mass is 16.4. The van der Waals surface area contributed by atoms with Gasteiger partial charge in [0.1, 0.15) is 5.58 Å². The van der Waals surface area contributed by atoms with Crippen LogP contribution in [-0.4, -0.2) is 39.5 Å². The molecule has 0 spiro atoms. The molecule has 2 unspecified atom stereocenters. The molecule has 1 aromatic carbocycles. The van der Waals surface area contributed by atoms with E-state index in [1.54, 1.807) is 16.8 Å². The normalized spacial score (nSPS) is 20.1. The smallest absolute Gasteiger partial charge is 0.345 e. The van der Waals surface area contributed by atoms with Crippen LogP contribution in [0.3, 0.4) is 0 Å². The number of hydrogen-bond acceptors (Lipinski definition) is 6. The molecule has 3 aromatic heterocycles. The summed E-state index contributed by atoms with van der Waals surface area (Å²) in [5.74, 6) is 0.550. The van der Waals surface area contributed by atoms with E-state index in [2.05, 4.69) is 40.1 Å². The molecule has 7 nitrogen and oxygen atoms in total. The number of hydrogen-bond donors (Lipinski definition) is 1. The minimum Gasteiger partial charge on any atom is -0.422 e. The van der Waals surface area contributed by atoms with Crippen molar-refractivity contribution in [2.75, 3.05) is 18.0 Å². The summed E-state index contributed by atoms with van der Waals surface area (Å²) < 4.78 is 7.45. The summed E-state index contributed by atoms with van der Waals surface area (Å²) in [6, 6.07) is 10.5. The monoisotopic (exact) mass is 375 g/mol. The van der Waals surface area contributed by atoms with Gasteiger partial charge in [0.15, 0.2) is 0 Å². The zero-order valence-electron chi connectivity index (χ0n) is 15.8. The number of piperazine rings is 1. The third-order valence-electron chi connectivity index (χ3n) is 5.15. The Balaban J connectivity index is 1.55. The Hall–Kier alpha value is -3.19. The van der Waals surface area contributed by atoms with E-state index in [1.807, 2.05) is 30.5 Å². The van der Waals surface area contributed by atoms with Gasteiger partial charge >= 0.3 is 5.63 Å². The first kappa shape index (κ1) is 16.9. The number of aromatic nitrogens is 3. The van der Waals surface area contributed by atoms with E-state index in [0.29, 0.717) is 34.7 Å². The third-order valence-corrected chi connectivity index (χ3v) is 5.15. The summed E-state index contributed by atoms with van der Waals surface area (Å²) >= 11 is 0. The first-order chi connectivity index (χ1) is 13.6. The molecule has 1 aliphatic rings. The van der Waals surface area contributed by atoms with Crippen LogP contribution >= 0.6 is 0 Å². The minimum atomic E-state index is -0.393. The van der Waals surface area contributed by atoms with Gasteiger partial charge in [0.2, 0.25) is 5.78 Å². The van der Waals surface area contributed by atoms with Gasteiger partial charge in [0.25, 0.3) is 0 Å². The van der Waals surface area contributed by atoms with Gasteiger partial charge in [-0.3, -0.25) is 4.40 Å². The second-order valence-corrected chi connectivity index (χ2v) is 7.50. The first-order valence-electron chi connectivity index (χ1n) is 9.46. The highest BCUT2D eigenvalue weighted by molar-refractivity contribution is 5.84. The summed E-state index contributed by atoms with van der Waals surface area (Å²) in [6.07, 6.45) is 5.32. The molecule has 28 heavy (non-hydrogen) atoms. The molecular weight excluding hydrogens is 354 g/mol. The standard InChI is InChI=1S/C21H21N5O2/c1-13-10-26(11-14(2)23-13)16-5-4-15-8-17(20(27)28-19(15)9-16)18-12-25-7-3-6-22-21(25)24-18/h3-9,12-14,23H,10-11H2,1-2H3. The van der Waals surface area contributed by atoms with Crippen LogP contribution in [0, 0.1) is 0 Å². The lowest BCUT2D eigenvalue weighted by Gasteiger charge is -2.37. The number of fused-ring (bicyclic) bond motifs is 2. The van der Waals surface area contributed by atoms with Crippen molar-refractivity contribution in [3.8, 4) is 11.3 Å². The predicted molar refractivity (Wildman–Crippen MR) is 109 cm³/mol. The SMILES string of the molecule is CC1CN(c2ccc3cc(-c4cn5cccnc5n4)c(=O)oc3c2)CC(C)N1. The van der Waals surface area contributed by atoms with E-state index in [-0.39, 0.29) is 0 Å². The molecule has 1 N–H and O–H groups in total. The van der Waals surface area contributed by atoms with Gasteiger partial charge in [0, 0.05) is 60.9 Å². The van der Waals surface area contributed by atoms with E-state index in [4.69, 9.17) is 4.42 Å². The molecule has 7 heteroatoms. The molecule has 0 radical (unpaired) electrons. The topological polar surface area (TPSA) is 75.7 Å². The first-order valence-corrected chi connectivity index (χ1v) is 9.46. The Kier molecular flexibility index (Phi) is 3.91. The maximum atomic E-state index is 12.6. The number of imidazole rings is 1. The summed E-state index contributed by atoms with van der Waals surface area (Å²) in [7, 11) is 0. The Morgan fingerprint density at radius 3 is 2.79 bits per heavy atom. The molecule has 0 bridgehead atoms. The molecule has 4 heterocycles. The van der Waals surface area contributed by atoms with Crippen molar-refractivity contribution in [3.05, 3.63) is 59.3 Å². The van der Waals surface area contributed by atoms with Gasteiger partial charge in [-0.05, 0) is 38.1 Å². The molecule has 0 amide bonds. The fourth-order valence-electron chi connectivity index (χ4n) is 3.97. The fraction of sp³-hybridized carbons (Fsp3) is 0.286. The van der Waals surface area contributed by atoms with Crippen LogP contribution in [0.15, 0.2) is 58.1 Å². The van der Waals surface area contributed by atoms with Gasteiger partial charge in [-0.1, -0.05) is 0 Å². The Morgan fingerprint density at radius 2 is 2.00 bits per heavy atom. The van der Waals surface area contributed by atoms with Gasteiger partial charge in [-0.25, -0.2) is 14.8 Å². The van der Waals surface area contributed by atoms with Crippen LogP contribution in [-0.2, 0) is 0 Å². The molecular formula is C21H21N5O2. The lowest BCUT2D eigenvalue weighted by Crippen LogP contribution is -2.54. The molecule has 2 atom stereocenters. The van der Waals surface area contributed by atoms with Crippen LogP contribution in [0.4, 0.5) is 5.69 Å². The van der Waals surface area contributed by atoms with Crippen LogP contribution < -0.4 is 15.8 Å². The Morgan fingerprint density at radius 1 is 1.18 bits per heavy atom. The second kappa shape index (κ2) is 6.45. The predicted octanol–water partition coefficient (Wildman–Crippen LogP) is 2.69. The summed E-state index contributed by atoms with van der Waals surface area (Å²) in [6.45, 7) is 6.21. The molecule has 142 valence electrons. The van der Waals surface area contributed by atoms with Crippen LogP contribution in [0.25, 0.3) is 28.0 Å². The highest BCUT2D eigenvalue weighted by Crippen LogP contribution is 2.26. The number of benzene rings is 1. The molecule has 1 fully saturated rings. The summed E-state index contributed by atoms with van der Waals surface area (Å²) in [4.78, 5) is 23.6. The fourth-order valence-corrected chi connectivity index (χ4v) is 3.97. The van der Waals surface area contributed by atoms with E-state index in [0.717, 1.165) is 24.2 Å². The highest BCUT2D eigenvalue weighted by Gasteiger charge is 2.21. The zero-order chi connectivity index (χ0) is 19.3. The van der Waals surface area contributed by atoms with Crippen molar-refractivity contribution in [1.82, 2.24) is 19.7 Å².